The zero-order valence-electron chi connectivity index (χ0n) is 16.8. The first-order chi connectivity index (χ1) is 13.9. The van der Waals surface area contributed by atoms with Gasteiger partial charge >= 0.3 is 5.69 Å². The molecule has 0 aromatic carbocycles. The first kappa shape index (κ1) is 20.1. The minimum Gasteiger partial charge on any atom is -0.342 e. The third-order valence-corrected chi connectivity index (χ3v) is 7.42. The molecule has 1 atom stereocenters. The molecule has 156 valence electrons. The number of nitrogens with zero attached hydrogens (tertiary/aromatic N) is 6. The highest BCUT2D eigenvalue weighted by molar-refractivity contribution is 8.01. The van der Waals surface area contributed by atoms with E-state index >= 15 is 0 Å². The number of imidazole rings is 1. The Hall–Kier alpha value is -2.14. The van der Waals surface area contributed by atoms with Gasteiger partial charge in [-0.25, -0.2) is 4.79 Å². The molecule has 3 aromatic rings. The van der Waals surface area contributed by atoms with E-state index in [-0.39, 0.29) is 11.5 Å². The SMILES string of the molecule is Cc1nnc(SCC(C)Cn2c(N3CCCCC3)nc3c2c(=O)[nH]c(=O)n3C)s1. The Morgan fingerprint density at radius 1 is 1.21 bits per heavy atom. The molecule has 1 N–H and O–H groups in total. The molecule has 1 unspecified atom stereocenters. The number of thioether (sulfide) groups is 1. The average molecular weight is 436 g/mol. The topological polar surface area (TPSA) is 102 Å². The van der Waals surface area contributed by atoms with Crippen LogP contribution in [-0.2, 0) is 13.6 Å². The molecule has 4 heterocycles. The Kier molecular flexibility index (Phi) is 5.77. The lowest BCUT2D eigenvalue weighted by atomic mass is 10.1. The van der Waals surface area contributed by atoms with Gasteiger partial charge in [-0.1, -0.05) is 30.0 Å². The molecule has 0 spiro atoms. The van der Waals surface area contributed by atoms with Crippen molar-refractivity contribution in [2.75, 3.05) is 23.7 Å². The first-order valence-electron chi connectivity index (χ1n) is 9.81. The lowest BCUT2D eigenvalue weighted by molar-refractivity contribution is 0.514. The standard InChI is InChI=1S/C18H25N7O2S2/c1-11(10-28-18-22-21-12(2)29-18)9-25-13-14(23(3)17(27)20-15(13)26)19-16(25)24-7-5-4-6-8-24/h11H,4-10H2,1-3H3,(H,20,26,27). The van der Waals surface area contributed by atoms with E-state index in [9.17, 15) is 9.59 Å². The van der Waals surface area contributed by atoms with Gasteiger partial charge in [0.15, 0.2) is 15.5 Å². The van der Waals surface area contributed by atoms with Crippen molar-refractivity contribution >= 4 is 40.2 Å². The van der Waals surface area contributed by atoms with Crippen molar-refractivity contribution in [1.29, 1.82) is 0 Å². The number of aromatic amines is 1. The van der Waals surface area contributed by atoms with Crippen molar-refractivity contribution in [3.8, 4) is 0 Å². The second-order valence-corrected chi connectivity index (χ2v) is 10.0. The van der Waals surface area contributed by atoms with Crippen molar-refractivity contribution in [2.45, 2.75) is 44.0 Å². The van der Waals surface area contributed by atoms with E-state index < -0.39 is 5.69 Å². The minimum atomic E-state index is -0.437. The number of nitrogens with one attached hydrogen (secondary N) is 1. The Morgan fingerprint density at radius 3 is 2.66 bits per heavy atom. The molecular weight excluding hydrogens is 410 g/mol. The van der Waals surface area contributed by atoms with Gasteiger partial charge in [-0.2, -0.15) is 4.98 Å². The fraction of sp³-hybridized carbons (Fsp3) is 0.611. The second-order valence-electron chi connectivity index (χ2n) is 7.56. The number of hydrogen-bond donors (Lipinski definition) is 1. The van der Waals surface area contributed by atoms with Gasteiger partial charge in [0.25, 0.3) is 5.56 Å². The molecule has 1 fully saturated rings. The second kappa shape index (κ2) is 8.31. The third kappa shape index (κ3) is 4.11. The molecule has 0 aliphatic carbocycles. The Labute approximate surface area is 176 Å². The maximum absolute atomic E-state index is 12.7. The number of aryl methyl sites for hydroxylation is 2. The number of fused-ring (bicyclic) bond motifs is 1. The quantitative estimate of drug-likeness (QED) is 0.591. The van der Waals surface area contributed by atoms with E-state index in [4.69, 9.17) is 4.98 Å². The lowest BCUT2D eigenvalue weighted by Gasteiger charge is -2.28. The Bertz CT molecular complexity index is 1120. The largest absolute Gasteiger partial charge is 0.342 e. The van der Waals surface area contributed by atoms with E-state index in [1.807, 2.05) is 11.5 Å². The number of anilines is 1. The molecule has 1 aliphatic heterocycles. The van der Waals surface area contributed by atoms with Crippen molar-refractivity contribution in [3.05, 3.63) is 25.8 Å². The molecule has 0 amide bonds. The van der Waals surface area contributed by atoms with Crippen LogP contribution >= 0.6 is 23.1 Å². The third-order valence-electron chi connectivity index (χ3n) is 5.12. The molecule has 1 aliphatic rings. The van der Waals surface area contributed by atoms with Gasteiger partial charge in [0.05, 0.1) is 0 Å². The molecule has 0 saturated carbocycles. The molecular formula is C18H25N7O2S2. The van der Waals surface area contributed by atoms with Crippen LogP contribution in [-0.4, -0.2) is 48.1 Å². The molecule has 3 aromatic heterocycles. The van der Waals surface area contributed by atoms with E-state index in [1.165, 1.54) is 11.0 Å². The van der Waals surface area contributed by atoms with Crippen LogP contribution in [0.2, 0.25) is 0 Å². The van der Waals surface area contributed by atoms with Crippen LogP contribution in [0.3, 0.4) is 0 Å². The maximum atomic E-state index is 12.7. The van der Waals surface area contributed by atoms with E-state index in [2.05, 4.69) is 27.0 Å². The predicted molar refractivity (Wildman–Crippen MR) is 116 cm³/mol. The Morgan fingerprint density at radius 2 is 1.97 bits per heavy atom. The molecule has 11 heteroatoms. The molecule has 9 nitrogen and oxygen atoms in total. The molecule has 1 saturated heterocycles. The summed E-state index contributed by atoms with van der Waals surface area (Å²) in [5.41, 5.74) is 0.0984. The summed E-state index contributed by atoms with van der Waals surface area (Å²) < 4.78 is 4.38. The van der Waals surface area contributed by atoms with Crippen molar-refractivity contribution in [2.24, 2.45) is 13.0 Å². The summed E-state index contributed by atoms with van der Waals surface area (Å²) in [6, 6.07) is 0. The van der Waals surface area contributed by atoms with Crippen molar-refractivity contribution < 1.29 is 0 Å². The number of hydrogen-bond acceptors (Lipinski definition) is 8. The van der Waals surface area contributed by atoms with Gasteiger partial charge in [0.2, 0.25) is 5.95 Å². The van der Waals surface area contributed by atoms with E-state index in [1.54, 1.807) is 30.1 Å². The minimum absolute atomic E-state index is 0.279. The maximum Gasteiger partial charge on any atom is 0.329 e. The van der Waals surface area contributed by atoms with Gasteiger partial charge in [-0.3, -0.25) is 14.3 Å². The van der Waals surface area contributed by atoms with Crippen LogP contribution in [0.1, 0.15) is 31.2 Å². The van der Waals surface area contributed by atoms with Crippen LogP contribution < -0.4 is 16.1 Å². The summed E-state index contributed by atoms with van der Waals surface area (Å²) in [7, 11) is 1.65. The smallest absolute Gasteiger partial charge is 0.329 e. The van der Waals surface area contributed by atoms with E-state index in [0.717, 1.165) is 47.0 Å². The molecule has 0 radical (unpaired) electrons. The number of piperidine rings is 1. The van der Waals surface area contributed by atoms with Crippen molar-refractivity contribution in [1.82, 2.24) is 29.3 Å². The summed E-state index contributed by atoms with van der Waals surface area (Å²) in [5, 5.41) is 9.20. The number of rotatable bonds is 6. The van der Waals surface area contributed by atoms with Gasteiger partial charge in [0.1, 0.15) is 5.01 Å². The van der Waals surface area contributed by atoms with Gasteiger partial charge < -0.3 is 9.47 Å². The summed E-state index contributed by atoms with van der Waals surface area (Å²) >= 11 is 3.28. The van der Waals surface area contributed by atoms with Gasteiger partial charge in [0, 0.05) is 32.4 Å². The average Bonchev–Trinajstić information content (AvgIpc) is 3.29. The monoisotopic (exact) mass is 435 g/mol. The Balaban J connectivity index is 1.67. The highest BCUT2D eigenvalue weighted by Gasteiger charge is 2.24. The summed E-state index contributed by atoms with van der Waals surface area (Å²) in [5.74, 6) is 1.93. The highest BCUT2D eigenvalue weighted by Crippen LogP contribution is 2.27. The molecule has 29 heavy (non-hydrogen) atoms. The van der Waals surface area contributed by atoms with Crippen LogP contribution in [0.15, 0.2) is 13.9 Å². The summed E-state index contributed by atoms with van der Waals surface area (Å²) in [6.07, 6.45) is 3.44. The van der Waals surface area contributed by atoms with Crippen LogP contribution in [0.4, 0.5) is 5.95 Å². The zero-order valence-corrected chi connectivity index (χ0v) is 18.5. The van der Waals surface area contributed by atoms with E-state index in [0.29, 0.717) is 17.7 Å². The predicted octanol–water partition coefficient (Wildman–Crippen LogP) is 2.00. The fourth-order valence-electron chi connectivity index (χ4n) is 3.65. The van der Waals surface area contributed by atoms with Crippen LogP contribution in [0.25, 0.3) is 11.2 Å². The normalized spacial score (nSPS) is 15.9. The lowest BCUT2D eigenvalue weighted by Crippen LogP contribution is -2.33. The molecule has 0 bridgehead atoms. The fourth-order valence-corrected chi connectivity index (χ4v) is 5.49. The molecule has 4 rings (SSSR count). The van der Waals surface area contributed by atoms with Crippen molar-refractivity contribution in [3.63, 3.8) is 0 Å². The number of aromatic nitrogens is 6. The van der Waals surface area contributed by atoms with Gasteiger partial charge in [-0.05, 0) is 32.1 Å². The van der Waals surface area contributed by atoms with Crippen LogP contribution in [0.5, 0.6) is 0 Å². The number of H-pyrrole nitrogens is 1. The summed E-state index contributed by atoms with van der Waals surface area (Å²) in [4.78, 5) is 34.1. The zero-order chi connectivity index (χ0) is 20.5. The highest BCUT2D eigenvalue weighted by atomic mass is 32.2. The first-order valence-corrected chi connectivity index (χ1v) is 11.6. The van der Waals surface area contributed by atoms with Crippen LogP contribution in [0, 0.1) is 12.8 Å². The summed E-state index contributed by atoms with van der Waals surface area (Å²) in [6.45, 7) is 6.59. The van der Waals surface area contributed by atoms with Gasteiger partial charge in [-0.15, -0.1) is 10.2 Å².